The number of carbonyl (C=O) groups excluding carboxylic acids is 1. The average molecular weight is 232 g/mol. The largest absolute Gasteiger partial charge is 0.486 e. The fraction of sp³-hybridized carbons (Fsp3) is 0.500. The summed E-state index contributed by atoms with van der Waals surface area (Å²) >= 11 is 0. The van der Waals surface area contributed by atoms with Gasteiger partial charge in [-0.25, -0.2) is 0 Å². The maximum absolute atomic E-state index is 12.1. The van der Waals surface area contributed by atoms with Crippen LogP contribution in [0.3, 0.4) is 0 Å². The van der Waals surface area contributed by atoms with Crippen LogP contribution >= 0.6 is 0 Å². The number of aryl methyl sites for hydroxylation is 1. The van der Waals surface area contributed by atoms with Crippen molar-refractivity contribution < 1.29 is 14.3 Å². The number of rotatable bonds is 1. The van der Waals surface area contributed by atoms with Gasteiger partial charge in [-0.15, -0.1) is 0 Å². The molecule has 3 nitrogen and oxygen atoms in total. The summed E-state index contributed by atoms with van der Waals surface area (Å²) < 4.78 is 11.5. The summed E-state index contributed by atoms with van der Waals surface area (Å²) in [7, 11) is 0. The molecule has 1 saturated heterocycles. The average Bonchev–Trinajstić information content (AvgIpc) is 2.83. The highest BCUT2D eigenvalue weighted by Gasteiger charge is 2.34. The van der Waals surface area contributed by atoms with Crippen LogP contribution in [0.25, 0.3) is 0 Å². The van der Waals surface area contributed by atoms with E-state index < -0.39 is 0 Å². The Morgan fingerprint density at radius 1 is 1.29 bits per heavy atom. The molecule has 1 aromatic carbocycles. The first-order valence-electron chi connectivity index (χ1n) is 6.16. The fourth-order valence-electron chi connectivity index (χ4n) is 2.57. The van der Waals surface area contributed by atoms with E-state index in [0.717, 1.165) is 30.6 Å². The molecule has 2 heterocycles. The number of hydrogen-bond acceptors (Lipinski definition) is 3. The van der Waals surface area contributed by atoms with Crippen molar-refractivity contribution in [2.75, 3.05) is 6.61 Å². The van der Waals surface area contributed by atoms with E-state index in [9.17, 15) is 4.79 Å². The molecule has 90 valence electrons. The quantitative estimate of drug-likeness (QED) is 0.746. The SMILES string of the molecule is Cc1ccc2c(c1)C(=O)CC(C1CCCO1)O2. The third-order valence-electron chi connectivity index (χ3n) is 3.48. The number of hydrogen-bond donors (Lipinski definition) is 0. The van der Waals surface area contributed by atoms with Gasteiger partial charge in [-0.1, -0.05) is 11.6 Å². The Balaban J connectivity index is 1.87. The maximum Gasteiger partial charge on any atom is 0.170 e. The number of carbonyl (C=O) groups is 1. The molecule has 2 unspecified atom stereocenters. The molecule has 2 aliphatic rings. The van der Waals surface area contributed by atoms with Crippen LogP contribution in [0.2, 0.25) is 0 Å². The zero-order valence-corrected chi connectivity index (χ0v) is 9.94. The van der Waals surface area contributed by atoms with Crippen molar-refractivity contribution in [2.24, 2.45) is 0 Å². The van der Waals surface area contributed by atoms with Gasteiger partial charge in [0.2, 0.25) is 0 Å². The lowest BCUT2D eigenvalue weighted by atomic mass is 9.95. The van der Waals surface area contributed by atoms with Crippen LogP contribution in [0.5, 0.6) is 5.75 Å². The van der Waals surface area contributed by atoms with Crippen molar-refractivity contribution in [3.63, 3.8) is 0 Å². The topological polar surface area (TPSA) is 35.5 Å². The first-order chi connectivity index (χ1) is 8.24. The first-order valence-corrected chi connectivity index (χ1v) is 6.16. The summed E-state index contributed by atoms with van der Waals surface area (Å²) in [6, 6.07) is 5.77. The second-order valence-electron chi connectivity index (χ2n) is 4.83. The third kappa shape index (κ3) is 1.95. The van der Waals surface area contributed by atoms with Gasteiger partial charge in [0.15, 0.2) is 5.78 Å². The number of benzene rings is 1. The van der Waals surface area contributed by atoms with Crippen LogP contribution in [0, 0.1) is 6.92 Å². The Kier molecular flexibility index (Phi) is 2.63. The summed E-state index contributed by atoms with van der Waals surface area (Å²) in [5.74, 6) is 0.891. The van der Waals surface area contributed by atoms with E-state index in [4.69, 9.17) is 9.47 Å². The highest BCUT2D eigenvalue weighted by atomic mass is 16.5. The molecular weight excluding hydrogens is 216 g/mol. The van der Waals surface area contributed by atoms with Crippen LogP contribution in [-0.2, 0) is 4.74 Å². The van der Waals surface area contributed by atoms with E-state index in [-0.39, 0.29) is 18.0 Å². The van der Waals surface area contributed by atoms with E-state index in [1.54, 1.807) is 0 Å². The Bertz CT molecular complexity index is 447. The van der Waals surface area contributed by atoms with E-state index in [1.165, 1.54) is 0 Å². The highest BCUT2D eigenvalue weighted by Crippen LogP contribution is 2.32. The van der Waals surface area contributed by atoms with Crippen molar-refractivity contribution in [3.8, 4) is 5.75 Å². The molecule has 0 aromatic heterocycles. The second-order valence-corrected chi connectivity index (χ2v) is 4.83. The molecule has 0 spiro atoms. The van der Waals surface area contributed by atoms with E-state index >= 15 is 0 Å². The minimum Gasteiger partial charge on any atom is -0.486 e. The molecule has 0 aliphatic carbocycles. The molecule has 2 aliphatic heterocycles. The van der Waals surface area contributed by atoms with Crippen molar-refractivity contribution >= 4 is 5.78 Å². The van der Waals surface area contributed by atoms with Crippen LogP contribution in [0.1, 0.15) is 35.2 Å². The van der Waals surface area contributed by atoms with Gasteiger partial charge in [-0.3, -0.25) is 4.79 Å². The Hall–Kier alpha value is -1.35. The normalized spacial score (nSPS) is 27.7. The maximum atomic E-state index is 12.1. The number of ether oxygens (including phenoxy) is 2. The van der Waals surface area contributed by atoms with Crippen LogP contribution in [-0.4, -0.2) is 24.6 Å². The number of fused-ring (bicyclic) bond motifs is 1. The fourth-order valence-corrected chi connectivity index (χ4v) is 2.57. The lowest BCUT2D eigenvalue weighted by Crippen LogP contribution is -2.37. The summed E-state index contributed by atoms with van der Waals surface area (Å²) in [4.78, 5) is 12.1. The van der Waals surface area contributed by atoms with Gasteiger partial charge >= 0.3 is 0 Å². The Labute approximate surface area is 101 Å². The van der Waals surface area contributed by atoms with E-state index in [2.05, 4.69) is 0 Å². The lowest BCUT2D eigenvalue weighted by molar-refractivity contribution is 0.00489. The minimum absolute atomic E-state index is 0.0911. The predicted octanol–water partition coefficient (Wildman–Crippen LogP) is 2.51. The van der Waals surface area contributed by atoms with Gasteiger partial charge in [0, 0.05) is 6.61 Å². The Morgan fingerprint density at radius 2 is 2.18 bits per heavy atom. The second kappa shape index (κ2) is 4.15. The highest BCUT2D eigenvalue weighted by molar-refractivity contribution is 6.00. The molecule has 3 heteroatoms. The molecule has 2 atom stereocenters. The van der Waals surface area contributed by atoms with Gasteiger partial charge in [-0.2, -0.15) is 0 Å². The monoisotopic (exact) mass is 232 g/mol. The van der Waals surface area contributed by atoms with Crippen LogP contribution in [0.15, 0.2) is 18.2 Å². The molecule has 0 bridgehead atoms. The third-order valence-corrected chi connectivity index (χ3v) is 3.48. The van der Waals surface area contributed by atoms with Gasteiger partial charge in [0.25, 0.3) is 0 Å². The zero-order valence-electron chi connectivity index (χ0n) is 9.94. The molecule has 1 aromatic rings. The predicted molar refractivity (Wildman–Crippen MR) is 63.5 cm³/mol. The first kappa shape index (κ1) is 10.8. The molecule has 0 amide bonds. The standard InChI is InChI=1S/C14H16O3/c1-9-4-5-12-10(7-9)11(15)8-14(17-12)13-3-2-6-16-13/h4-5,7,13-14H,2-3,6,8H2,1H3. The smallest absolute Gasteiger partial charge is 0.170 e. The molecule has 17 heavy (non-hydrogen) atoms. The molecule has 0 N–H and O–H groups in total. The summed E-state index contributed by atoms with van der Waals surface area (Å²) in [6.07, 6.45) is 2.51. The van der Waals surface area contributed by atoms with Crippen LogP contribution < -0.4 is 4.74 Å². The van der Waals surface area contributed by atoms with Crippen molar-refractivity contribution in [2.45, 2.75) is 38.4 Å². The molecule has 0 saturated carbocycles. The summed E-state index contributed by atoms with van der Waals surface area (Å²) in [6.45, 7) is 2.78. The number of Topliss-reactive ketones (excluding diaryl/α,β-unsaturated/α-hetero) is 1. The van der Waals surface area contributed by atoms with Crippen molar-refractivity contribution in [1.82, 2.24) is 0 Å². The molecule has 1 fully saturated rings. The van der Waals surface area contributed by atoms with Gasteiger partial charge in [0.05, 0.1) is 18.1 Å². The zero-order chi connectivity index (χ0) is 11.8. The Morgan fingerprint density at radius 3 is 2.94 bits per heavy atom. The van der Waals surface area contributed by atoms with E-state index in [0.29, 0.717) is 12.2 Å². The molecule has 3 rings (SSSR count). The van der Waals surface area contributed by atoms with Gasteiger partial charge < -0.3 is 9.47 Å². The van der Waals surface area contributed by atoms with Crippen molar-refractivity contribution in [1.29, 1.82) is 0 Å². The lowest BCUT2D eigenvalue weighted by Gasteiger charge is -2.29. The van der Waals surface area contributed by atoms with Gasteiger partial charge in [-0.05, 0) is 31.9 Å². The summed E-state index contributed by atoms with van der Waals surface area (Å²) in [5.41, 5.74) is 1.82. The van der Waals surface area contributed by atoms with E-state index in [1.807, 2.05) is 25.1 Å². The van der Waals surface area contributed by atoms with Crippen molar-refractivity contribution in [3.05, 3.63) is 29.3 Å². The van der Waals surface area contributed by atoms with Crippen LogP contribution in [0.4, 0.5) is 0 Å². The molecular formula is C14H16O3. The minimum atomic E-state index is -0.0970. The van der Waals surface area contributed by atoms with Gasteiger partial charge in [0.1, 0.15) is 11.9 Å². The summed E-state index contributed by atoms with van der Waals surface area (Å²) in [5, 5.41) is 0. The molecule has 0 radical (unpaired) electrons. The number of ketones is 1.